The van der Waals surface area contributed by atoms with E-state index in [4.69, 9.17) is 4.74 Å². The smallest absolute Gasteiger partial charge is 0.255 e. The quantitative estimate of drug-likeness (QED) is 0.762. The molecule has 0 unspecified atom stereocenters. The van der Waals surface area contributed by atoms with E-state index in [2.05, 4.69) is 26.1 Å². The first-order chi connectivity index (χ1) is 13.9. The van der Waals surface area contributed by atoms with Crippen molar-refractivity contribution in [2.24, 2.45) is 11.8 Å². The first-order valence-corrected chi connectivity index (χ1v) is 10.4. The van der Waals surface area contributed by atoms with Gasteiger partial charge in [-0.2, -0.15) is 0 Å². The summed E-state index contributed by atoms with van der Waals surface area (Å²) in [5.74, 6) is 1.68. The zero-order valence-corrected chi connectivity index (χ0v) is 17.5. The Bertz CT molecular complexity index is 837. The van der Waals surface area contributed by atoms with Gasteiger partial charge in [-0.3, -0.25) is 9.59 Å². The number of nitrogens with one attached hydrogen (secondary N) is 1. The van der Waals surface area contributed by atoms with Crippen LogP contribution in [0.15, 0.2) is 48.5 Å². The first kappa shape index (κ1) is 20.9. The number of carbonyl (C=O) groups excluding carboxylic acids is 2. The van der Waals surface area contributed by atoms with Crippen molar-refractivity contribution in [2.75, 3.05) is 25.0 Å². The van der Waals surface area contributed by atoms with Crippen LogP contribution in [0, 0.1) is 11.8 Å². The summed E-state index contributed by atoms with van der Waals surface area (Å²) < 4.78 is 5.65. The van der Waals surface area contributed by atoms with Crippen LogP contribution in [0.1, 0.15) is 54.3 Å². The van der Waals surface area contributed by atoms with Gasteiger partial charge in [0.15, 0.2) is 0 Å². The Kier molecular flexibility index (Phi) is 6.91. The number of likely N-dealkylation sites (tertiary alicyclic amines) is 1. The predicted molar refractivity (Wildman–Crippen MR) is 115 cm³/mol. The molecule has 29 heavy (non-hydrogen) atoms. The maximum Gasteiger partial charge on any atom is 0.255 e. The second kappa shape index (κ2) is 9.59. The highest BCUT2D eigenvalue weighted by molar-refractivity contribution is 6.05. The van der Waals surface area contributed by atoms with Crippen LogP contribution < -0.4 is 10.1 Å². The van der Waals surface area contributed by atoms with Gasteiger partial charge in [0, 0.05) is 29.9 Å². The summed E-state index contributed by atoms with van der Waals surface area (Å²) in [5.41, 5.74) is 1.77. The number of nitrogens with zero attached hydrogens (tertiary/aromatic N) is 1. The van der Waals surface area contributed by atoms with Crippen LogP contribution >= 0.6 is 0 Å². The fourth-order valence-corrected chi connectivity index (χ4v) is 3.29. The van der Waals surface area contributed by atoms with E-state index in [0.29, 0.717) is 35.3 Å². The summed E-state index contributed by atoms with van der Waals surface area (Å²) in [4.78, 5) is 27.2. The standard InChI is InChI=1S/C24H30N2O3/c1-17(2)16-29-22-9-7-19(8-10-22)23(27)25-21-6-4-5-20(15-21)24(28)26-13-11-18(3)12-14-26/h4-10,15,17-18H,11-14,16H2,1-3H3,(H,25,27). The molecule has 0 aromatic heterocycles. The van der Waals surface area contributed by atoms with Crippen LogP contribution in [0.25, 0.3) is 0 Å². The van der Waals surface area contributed by atoms with E-state index in [0.717, 1.165) is 31.7 Å². The van der Waals surface area contributed by atoms with Gasteiger partial charge in [-0.1, -0.05) is 26.8 Å². The topological polar surface area (TPSA) is 58.6 Å². The van der Waals surface area contributed by atoms with Crippen LogP contribution in [0.2, 0.25) is 0 Å². The van der Waals surface area contributed by atoms with Gasteiger partial charge in [0.1, 0.15) is 5.75 Å². The summed E-state index contributed by atoms with van der Waals surface area (Å²) in [7, 11) is 0. The van der Waals surface area contributed by atoms with Crippen LogP contribution in [-0.4, -0.2) is 36.4 Å². The van der Waals surface area contributed by atoms with Gasteiger partial charge in [-0.05, 0) is 67.1 Å². The summed E-state index contributed by atoms with van der Waals surface area (Å²) in [6.07, 6.45) is 2.08. The number of carbonyl (C=O) groups is 2. The van der Waals surface area contributed by atoms with Crippen LogP contribution in [0.4, 0.5) is 5.69 Å². The van der Waals surface area contributed by atoms with Gasteiger partial charge in [0.2, 0.25) is 0 Å². The van der Waals surface area contributed by atoms with Gasteiger partial charge in [-0.15, -0.1) is 0 Å². The Hall–Kier alpha value is -2.82. The molecule has 3 rings (SSSR count). The van der Waals surface area contributed by atoms with Gasteiger partial charge < -0.3 is 15.0 Å². The Morgan fingerprint density at radius 1 is 1.07 bits per heavy atom. The minimum absolute atomic E-state index is 0.0275. The van der Waals surface area contributed by atoms with Crippen molar-refractivity contribution in [3.05, 3.63) is 59.7 Å². The molecule has 0 spiro atoms. The number of amides is 2. The summed E-state index contributed by atoms with van der Waals surface area (Å²) in [5, 5.41) is 2.88. The summed E-state index contributed by atoms with van der Waals surface area (Å²) in [6, 6.07) is 14.2. The third-order valence-corrected chi connectivity index (χ3v) is 5.14. The molecule has 0 bridgehead atoms. The van der Waals surface area contributed by atoms with Crippen molar-refractivity contribution in [3.63, 3.8) is 0 Å². The highest BCUT2D eigenvalue weighted by Gasteiger charge is 2.21. The molecule has 5 nitrogen and oxygen atoms in total. The van der Waals surface area contributed by atoms with Crippen molar-refractivity contribution in [2.45, 2.75) is 33.6 Å². The number of piperidine rings is 1. The third-order valence-electron chi connectivity index (χ3n) is 5.14. The molecule has 2 aromatic carbocycles. The zero-order chi connectivity index (χ0) is 20.8. The van der Waals surface area contributed by atoms with E-state index < -0.39 is 0 Å². The first-order valence-electron chi connectivity index (χ1n) is 10.4. The van der Waals surface area contributed by atoms with Crippen molar-refractivity contribution < 1.29 is 14.3 Å². The predicted octanol–water partition coefficient (Wildman–Crippen LogP) is 4.85. The molecule has 2 aromatic rings. The molecule has 0 aliphatic carbocycles. The monoisotopic (exact) mass is 394 g/mol. The van der Waals surface area contributed by atoms with E-state index in [9.17, 15) is 9.59 Å². The van der Waals surface area contributed by atoms with Gasteiger partial charge >= 0.3 is 0 Å². The molecule has 1 aliphatic rings. The minimum Gasteiger partial charge on any atom is -0.493 e. The zero-order valence-electron chi connectivity index (χ0n) is 17.5. The Balaban J connectivity index is 1.62. The average molecular weight is 395 g/mol. The number of benzene rings is 2. The lowest BCUT2D eigenvalue weighted by molar-refractivity contribution is 0.0697. The second-order valence-corrected chi connectivity index (χ2v) is 8.24. The molecule has 1 fully saturated rings. The molecular weight excluding hydrogens is 364 g/mol. The summed E-state index contributed by atoms with van der Waals surface area (Å²) in [6.45, 7) is 8.63. The lowest BCUT2D eigenvalue weighted by Crippen LogP contribution is -2.37. The molecule has 1 N–H and O–H groups in total. The Morgan fingerprint density at radius 3 is 2.41 bits per heavy atom. The number of hydrogen-bond acceptors (Lipinski definition) is 3. The number of ether oxygens (including phenoxy) is 1. The van der Waals surface area contributed by atoms with E-state index >= 15 is 0 Å². The van der Waals surface area contributed by atoms with Crippen LogP contribution in [-0.2, 0) is 0 Å². The van der Waals surface area contributed by atoms with Crippen LogP contribution in [0.5, 0.6) is 5.75 Å². The Labute approximate surface area is 173 Å². The largest absolute Gasteiger partial charge is 0.493 e. The van der Waals surface area contributed by atoms with Crippen molar-refractivity contribution in [1.82, 2.24) is 4.90 Å². The molecule has 2 amide bonds. The normalized spacial score (nSPS) is 14.7. The van der Waals surface area contributed by atoms with Gasteiger partial charge in [0.25, 0.3) is 11.8 Å². The molecule has 0 saturated carbocycles. The molecular formula is C24H30N2O3. The molecule has 1 aliphatic heterocycles. The van der Waals surface area contributed by atoms with Crippen molar-refractivity contribution >= 4 is 17.5 Å². The Morgan fingerprint density at radius 2 is 1.76 bits per heavy atom. The fraction of sp³-hybridized carbons (Fsp3) is 0.417. The van der Waals surface area contributed by atoms with E-state index in [1.54, 1.807) is 48.5 Å². The minimum atomic E-state index is -0.211. The van der Waals surface area contributed by atoms with Crippen molar-refractivity contribution in [3.8, 4) is 5.75 Å². The highest BCUT2D eigenvalue weighted by atomic mass is 16.5. The SMILES string of the molecule is CC(C)COc1ccc(C(=O)Nc2cccc(C(=O)N3CCC(C)CC3)c2)cc1. The van der Waals surface area contributed by atoms with Crippen molar-refractivity contribution in [1.29, 1.82) is 0 Å². The molecule has 154 valence electrons. The lowest BCUT2D eigenvalue weighted by atomic mass is 9.98. The highest BCUT2D eigenvalue weighted by Crippen LogP contribution is 2.20. The lowest BCUT2D eigenvalue weighted by Gasteiger charge is -2.30. The summed E-state index contributed by atoms with van der Waals surface area (Å²) >= 11 is 0. The average Bonchev–Trinajstić information content (AvgIpc) is 2.73. The molecule has 5 heteroatoms. The fourth-order valence-electron chi connectivity index (χ4n) is 3.29. The maximum atomic E-state index is 12.8. The number of rotatable bonds is 6. The second-order valence-electron chi connectivity index (χ2n) is 8.24. The third kappa shape index (κ3) is 5.83. The van der Waals surface area contributed by atoms with Crippen LogP contribution in [0.3, 0.4) is 0 Å². The number of anilines is 1. The van der Waals surface area contributed by atoms with Gasteiger partial charge in [0.05, 0.1) is 6.61 Å². The maximum absolute atomic E-state index is 12.8. The molecule has 0 radical (unpaired) electrons. The van der Waals surface area contributed by atoms with E-state index in [1.807, 2.05) is 4.90 Å². The van der Waals surface area contributed by atoms with E-state index in [-0.39, 0.29) is 11.8 Å². The number of hydrogen-bond donors (Lipinski definition) is 1. The molecule has 0 atom stereocenters. The van der Waals surface area contributed by atoms with Gasteiger partial charge in [-0.25, -0.2) is 0 Å². The molecule has 1 saturated heterocycles. The van der Waals surface area contributed by atoms with E-state index in [1.165, 1.54) is 0 Å². The molecule has 1 heterocycles.